The number of carbonyl (C=O) groups excluding carboxylic acids is 1. The lowest BCUT2D eigenvalue weighted by molar-refractivity contribution is -0.140. The van der Waals surface area contributed by atoms with Crippen LogP contribution in [0, 0.1) is 11.8 Å². The Bertz CT molecular complexity index is 1080. The summed E-state index contributed by atoms with van der Waals surface area (Å²) >= 11 is 0. The molecule has 1 fully saturated rings. The highest BCUT2D eigenvalue weighted by molar-refractivity contribution is 7.89. The van der Waals surface area contributed by atoms with E-state index in [9.17, 15) is 18.0 Å². The lowest BCUT2D eigenvalue weighted by Gasteiger charge is -2.26. The molecule has 0 spiro atoms. The van der Waals surface area contributed by atoms with Crippen molar-refractivity contribution < 1.29 is 27.9 Å². The van der Waals surface area contributed by atoms with Crippen LogP contribution in [0.25, 0.3) is 0 Å². The highest BCUT2D eigenvalue weighted by Crippen LogP contribution is 2.29. The monoisotopic (exact) mass is 488 g/mol. The molecule has 0 bridgehead atoms. The van der Waals surface area contributed by atoms with Crippen molar-refractivity contribution in [3.63, 3.8) is 0 Å². The second-order valence-corrected chi connectivity index (χ2v) is 10.4. The summed E-state index contributed by atoms with van der Waals surface area (Å²) in [7, 11) is -3.19. The number of nitrogens with two attached hydrogens (primary N) is 1. The highest BCUT2D eigenvalue weighted by Gasteiger charge is 2.27. The van der Waals surface area contributed by atoms with Gasteiger partial charge in [0.2, 0.25) is 10.0 Å². The van der Waals surface area contributed by atoms with Crippen LogP contribution in [0.15, 0.2) is 53.4 Å². The Balaban J connectivity index is 0.000000226. The summed E-state index contributed by atoms with van der Waals surface area (Å²) in [6, 6.07) is 14.1. The van der Waals surface area contributed by atoms with E-state index in [1.54, 1.807) is 36.4 Å². The molecule has 9 heteroatoms. The van der Waals surface area contributed by atoms with Crippen molar-refractivity contribution in [1.82, 2.24) is 4.72 Å². The molecule has 2 aromatic carbocycles. The van der Waals surface area contributed by atoms with Gasteiger partial charge in [-0.25, -0.2) is 13.1 Å². The van der Waals surface area contributed by atoms with Crippen molar-refractivity contribution in [3.05, 3.63) is 59.7 Å². The molecule has 0 radical (unpaired) electrons. The molecule has 1 aliphatic heterocycles. The van der Waals surface area contributed by atoms with Gasteiger partial charge in [0, 0.05) is 13.0 Å². The second kappa shape index (κ2) is 12.1. The topological polar surface area (TPSA) is 136 Å². The van der Waals surface area contributed by atoms with E-state index in [-0.39, 0.29) is 18.3 Å². The van der Waals surface area contributed by atoms with Gasteiger partial charge in [0.25, 0.3) is 0 Å². The summed E-state index contributed by atoms with van der Waals surface area (Å²) in [6.07, 6.45) is 5.04. The summed E-state index contributed by atoms with van der Waals surface area (Å²) in [5.41, 5.74) is 7.49. The third-order valence-corrected chi connectivity index (χ3v) is 7.79. The van der Waals surface area contributed by atoms with E-state index in [1.807, 2.05) is 12.1 Å². The van der Waals surface area contributed by atoms with Crippen molar-refractivity contribution in [3.8, 4) is 5.75 Å². The van der Waals surface area contributed by atoms with E-state index >= 15 is 0 Å². The summed E-state index contributed by atoms with van der Waals surface area (Å²) in [6.45, 7) is 1.21. The number of hydrogen-bond acceptors (Lipinski definition) is 6. The predicted octanol–water partition coefficient (Wildman–Crippen LogP) is 2.90. The van der Waals surface area contributed by atoms with Crippen LogP contribution in [-0.4, -0.2) is 38.6 Å². The van der Waals surface area contributed by atoms with Crippen LogP contribution in [-0.2, 0) is 32.5 Å². The van der Waals surface area contributed by atoms with E-state index in [1.165, 1.54) is 0 Å². The standard InChI is InChI=1S/C17H23NO4.C8H9NO2S/c18-11-13-1-6-14(7-2-13)17(21)22-15-8-3-12(4-9-15)5-10-16(19)20;10-12(11)8-4-2-1-3-7(8)5-6-9-12/h3-4,8-9,13-14H,1-2,5-7,10-11,18H2,(H,19,20);1-4,9H,5-6H2/t13-,14-;. The molecule has 1 heterocycles. The zero-order valence-electron chi connectivity index (χ0n) is 19.1. The van der Waals surface area contributed by atoms with Gasteiger partial charge >= 0.3 is 11.9 Å². The number of ether oxygens (including phenoxy) is 1. The maximum Gasteiger partial charge on any atom is 0.314 e. The second-order valence-electron chi connectivity index (χ2n) is 8.67. The Labute approximate surface area is 200 Å². The fourth-order valence-electron chi connectivity index (χ4n) is 4.18. The summed E-state index contributed by atoms with van der Waals surface area (Å²) in [5, 5.41) is 8.65. The number of hydrogen-bond donors (Lipinski definition) is 3. The van der Waals surface area contributed by atoms with E-state index in [0.29, 0.717) is 36.1 Å². The van der Waals surface area contributed by atoms with Crippen molar-refractivity contribution in [2.45, 2.75) is 49.8 Å². The van der Waals surface area contributed by atoms with Crippen LogP contribution in [0.3, 0.4) is 0 Å². The molecule has 2 aromatic rings. The Morgan fingerprint density at radius 1 is 1.03 bits per heavy atom. The fourth-order valence-corrected chi connectivity index (χ4v) is 5.48. The number of nitrogens with one attached hydrogen (secondary N) is 1. The molecule has 0 saturated heterocycles. The van der Waals surface area contributed by atoms with Crippen LogP contribution in [0.2, 0.25) is 0 Å². The maximum absolute atomic E-state index is 12.1. The molecule has 34 heavy (non-hydrogen) atoms. The molecule has 0 amide bonds. The molecule has 1 aliphatic carbocycles. The number of carbonyl (C=O) groups is 2. The highest BCUT2D eigenvalue weighted by atomic mass is 32.2. The molecule has 4 rings (SSSR count). The molecular formula is C25H32N2O6S. The average Bonchev–Trinajstić information content (AvgIpc) is 2.84. The zero-order valence-corrected chi connectivity index (χ0v) is 19.9. The first-order valence-corrected chi connectivity index (χ1v) is 13.1. The average molecular weight is 489 g/mol. The number of sulfonamides is 1. The van der Waals surface area contributed by atoms with Gasteiger partial charge < -0.3 is 15.6 Å². The molecule has 0 aromatic heterocycles. The molecule has 0 unspecified atom stereocenters. The van der Waals surface area contributed by atoms with Crippen LogP contribution in [0.1, 0.15) is 43.2 Å². The first-order chi connectivity index (χ1) is 16.3. The third-order valence-electron chi connectivity index (χ3n) is 6.23. The summed E-state index contributed by atoms with van der Waals surface area (Å²) in [4.78, 5) is 23.1. The van der Waals surface area contributed by atoms with Crippen molar-refractivity contribution in [2.75, 3.05) is 13.1 Å². The SMILES string of the molecule is NC[C@H]1CC[C@H](C(=O)Oc2ccc(CCC(=O)O)cc2)CC1.O=S1(=O)NCCc2ccccc21. The minimum atomic E-state index is -3.19. The smallest absolute Gasteiger partial charge is 0.314 e. The number of esters is 1. The predicted molar refractivity (Wildman–Crippen MR) is 128 cm³/mol. The minimum absolute atomic E-state index is 0.0329. The van der Waals surface area contributed by atoms with E-state index in [4.69, 9.17) is 15.6 Å². The lowest BCUT2D eigenvalue weighted by atomic mass is 9.82. The molecule has 184 valence electrons. The van der Waals surface area contributed by atoms with E-state index < -0.39 is 16.0 Å². The number of fused-ring (bicyclic) bond motifs is 1. The molecule has 4 N–H and O–H groups in total. The molecule has 0 atom stereocenters. The van der Waals surface area contributed by atoms with E-state index in [2.05, 4.69) is 4.72 Å². The normalized spacial score (nSPS) is 20.9. The zero-order chi connectivity index (χ0) is 24.6. The molecular weight excluding hydrogens is 456 g/mol. The number of aryl methyl sites for hydroxylation is 1. The van der Waals surface area contributed by atoms with Gasteiger partial charge in [-0.15, -0.1) is 0 Å². The molecule has 2 aliphatic rings. The maximum atomic E-state index is 12.1. The van der Waals surface area contributed by atoms with Gasteiger partial charge in [0.05, 0.1) is 10.8 Å². The van der Waals surface area contributed by atoms with Gasteiger partial charge in [-0.2, -0.15) is 0 Å². The Hall–Kier alpha value is -2.75. The number of aliphatic carboxylic acids is 1. The molecule has 1 saturated carbocycles. The summed E-state index contributed by atoms with van der Waals surface area (Å²) < 4.78 is 30.6. The summed E-state index contributed by atoms with van der Waals surface area (Å²) in [5.74, 6) is 0.0365. The quantitative estimate of drug-likeness (QED) is 0.420. The Morgan fingerprint density at radius 2 is 1.71 bits per heavy atom. The number of carboxylic acids is 1. The van der Waals surface area contributed by atoms with Crippen LogP contribution < -0.4 is 15.2 Å². The van der Waals surface area contributed by atoms with Gasteiger partial charge in [0.15, 0.2) is 0 Å². The van der Waals surface area contributed by atoms with Gasteiger partial charge in [0.1, 0.15) is 5.75 Å². The molecule has 8 nitrogen and oxygen atoms in total. The lowest BCUT2D eigenvalue weighted by Crippen LogP contribution is -2.31. The van der Waals surface area contributed by atoms with Crippen molar-refractivity contribution in [1.29, 1.82) is 0 Å². The first kappa shape index (κ1) is 25.9. The van der Waals surface area contributed by atoms with Crippen molar-refractivity contribution >= 4 is 22.0 Å². The number of benzene rings is 2. The van der Waals surface area contributed by atoms with Crippen LogP contribution >= 0.6 is 0 Å². The van der Waals surface area contributed by atoms with Gasteiger partial charge in [-0.3, -0.25) is 9.59 Å². The van der Waals surface area contributed by atoms with Gasteiger partial charge in [-0.1, -0.05) is 30.3 Å². The third kappa shape index (κ3) is 7.38. The Morgan fingerprint density at radius 3 is 2.32 bits per heavy atom. The van der Waals surface area contributed by atoms with Gasteiger partial charge in [-0.05, 0) is 80.3 Å². The minimum Gasteiger partial charge on any atom is -0.481 e. The van der Waals surface area contributed by atoms with Crippen LogP contribution in [0.5, 0.6) is 5.75 Å². The van der Waals surface area contributed by atoms with Crippen molar-refractivity contribution in [2.24, 2.45) is 17.6 Å². The fraction of sp³-hybridized carbons (Fsp3) is 0.440. The Kier molecular flexibility index (Phi) is 9.20. The van der Waals surface area contributed by atoms with Crippen LogP contribution in [0.4, 0.5) is 0 Å². The number of rotatable bonds is 6. The first-order valence-electron chi connectivity index (χ1n) is 11.6. The van der Waals surface area contributed by atoms with E-state index in [0.717, 1.165) is 43.2 Å². The largest absolute Gasteiger partial charge is 0.481 e. The number of carboxylic acid groups (broad SMARTS) is 1.